The molecule has 0 aromatic heterocycles. The van der Waals surface area contributed by atoms with Crippen molar-refractivity contribution in [2.45, 2.75) is 89.5 Å². The lowest BCUT2D eigenvalue weighted by molar-refractivity contribution is -0.160. The second-order valence-electron chi connectivity index (χ2n) is 8.97. The van der Waals surface area contributed by atoms with Crippen LogP contribution in [0, 0.1) is 11.8 Å². The van der Waals surface area contributed by atoms with Gasteiger partial charge in [0.15, 0.2) is 0 Å². The van der Waals surface area contributed by atoms with Crippen LogP contribution < -0.4 is 5.32 Å². The van der Waals surface area contributed by atoms with E-state index in [1.54, 1.807) is 6.92 Å². The Hall–Kier alpha value is -1.67. The van der Waals surface area contributed by atoms with Crippen molar-refractivity contribution in [3.05, 3.63) is 0 Å². The average molecular weight is 425 g/mol. The molecule has 0 aromatic rings. The molecular formula is C22H36N2O6. The van der Waals surface area contributed by atoms with Gasteiger partial charge in [-0.2, -0.15) is 0 Å². The summed E-state index contributed by atoms with van der Waals surface area (Å²) in [4.78, 5) is 41.3. The van der Waals surface area contributed by atoms with E-state index < -0.39 is 41.1 Å². The van der Waals surface area contributed by atoms with E-state index >= 15 is 0 Å². The van der Waals surface area contributed by atoms with Crippen LogP contribution in [0.3, 0.4) is 0 Å². The van der Waals surface area contributed by atoms with Crippen molar-refractivity contribution in [3.8, 4) is 0 Å². The van der Waals surface area contributed by atoms with Crippen LogP contribution in [-0.2, 0) is 23.9 Å². The summed E-state index contributed by atoms with van der Waals surface area (Å²) in [6.07, 6.45) is 4.54. The minimum Gasteiger partial charge on any atom is -0.466 e. The summed E-state index contributed by atoms with van der Waals surface area (Å²) in [5, 5.41) is 12.9. The van der Waals surface area contributed by atoms with Crippen molar-refractivity contribution >= 4 is 17.8 Å². The summed E-state index contributed by atoms with van der Waals surface area (Å²) in [6.45, 7) is 8.05. The summed E-state index contributed by atoms with van der Waals surface area (Å²) in [5.41, 5.74) is -1.87. The molecule has 3 saturated heterocycles. The number of amides is 2. The predicted octanol–water partition coefficient (Wildman–Crippen LogP) is 1.39. The van der Waals surface area contributed by atoms with Gasteiger partial charge < -0.3 is 24.8 Å². The third-order valence-corrected chi connectivity index (χ3v) is 7.16. The first kappa shape index (κ1) is 23.0. The molecule has 3 aliphatic heterocycles. The number of hydrogen-bond donors (Lipinski definition) is 2. The number of ether oxygens (including phenoxy) is 2. The monoisotopic (exact) mass is 424 g/mol. The number of carbonyl (C=O) groups is 3. The van der Waals surface area contributed by atoms with E-state index in [0.29, 0.717) is 25.8 Å². The Kier molecular flexibility index (Phi) is 6.77. The minimum atomic E-state index is -1.05. The third-order valence-electron chi connectivity index (χ3n) is 7.16. The Morgan fingerprint density at radius 3 is 2.63 bits per heavy atom. The lowest BCUT2D eigenvalue weighted by atomic mass is 9.66. The molecule has 6 atom stereocenters. The largest absolute Gasteiger partial charge is 0.466 e. The average Bonchev–Trinajstić information content (AvgIpc) is 3.28. The highest BCUT2D eigenvalue weighted by Crippen LogP contribution is 2.63. The maximum atomic E-state index is 13.6. The standard InChI is InChI=1S/C22H36N2O6/c1-5-8-9-12-23-18(26)17-22-11-10-21(4,30-22)16(20(28)29-7-3)15(22)19(27)24(17)14(6-2)13-25/h14-17,25H,5-13H2,1-4H3,(H,23,26)/t14-,15-,16+,17?,21-,22?/m0/s1. The van der Waals surface area contributed by atoms with Gasteiger partial charge >= 0.3 is 5.97 Å². The van der Waals surface area contributed by atoms with E-state index in [2.05, 4.69) is 12.2 Å². The van der Waals surface area contributed by atoms with E-state index in [-0.39, 0.29) is 25.0 Å². The Morgan fingerprint density at radius 2 is 2.03 bits per heavy atom. The fourth-order valence-corrected chi connectivity index (χ4v) is 5.74. The van der Waals surface area contributed by atoms with Gasteiger partial charge in [-0.15, -0.1) is 0 Å². The number of esters is 1. The second-order valence-corrected chi connectivity index (χ2v) is 8.97. The van der Waals surface area contributed by atoms with Crippen LogP contribution in [0.15, 0.2) is 0 Å². The van der Waals surface area contributed by atoms with Crippen LogP contribution in [0.1, 0.15) is 66.2 Å². The van der Waals surface area contributed by atoms with Gasteiger partial charge in [-0.25, -0.2) is 0 Å². The number of rotatable bonds is 10. The highest BCUT2D eigenvalue weighted by Gasteiger charge is 2.78. The number of hydrogen-bond acceptors (Lipinski definition) is 6. The van der Waals surface area contributed by atoms with Gasteiger partial charge in [0.2, 0.25) is 11.8 Å². The highest BCUT2D eigenvalue weighted by molar-refractivity contribution is 5.98. The van der Waals surface area contributed by atoms with E-state index in [0.717, 1.165) is 19.3 Å². The Bertz CT molecular complexity index is 681. The van der Waals surface area contributed by atoms with Crippen molar-refractivity contribution in [2.24, 2.45) is 11.8 Å². The molecule has 2 unspecified atom stereocenters. The maximum Gasteiger partial charge on any atom is 0.312 e. The van der Waals surface area contributed by atoms with E-state index in [1.807, 2.05) is 13.8 Å². The first-order valence-corrected chi connectivity index (χ1v) is 11.4. The van der Waals surface area contributed by atoms with E-state index in [4.69, 9.17) is 9.47 Å². The molecule has 2 amide bonds. The van der Waals surface area contributed by atoms with Gasteiger partial charge in [0.25, 0.3) is 0 Å². The van der Waals surface area contributed by atoms with Crippen LogP contribution >= 0.6 is 0 Å². The zero-order chi connectivity index (χ0) is 22.1. The number of aliphatic hydroxyl groups excluding tert-OH is 1. The van der Waals surface area contributed by atoms with Crippen LogP contribution in [0.5, 0.6) is 0 Å². The second kappa shape index (κ2) is 8.83. The van der Waals surface area contributed by atoms with Crippen LogP contribution in [-0.4, -0.2) is 70.8 Å². The van der Waals surface area contributed by atoms with Crippen LogP contribution in [0.25, 0.3) is 0 Å². The molecule has 2 bridgehead atoms. The number of unbranched alkanes of at least 4 members (excludes halogenated alkanes) is 2. The molecule has 8 heteroatoms. The molecule has 0 aliphatic carbocycles. The molecule has 3 rings (SSSR count). The minimum absolute atomic E-state index is 0.221. The molecule has 2 N–H and O–H groups in total. The SMILES string of the molecule is CCCCCNC(=O)C1N([C@@H](CC)CO)C(=O)[C@@H]2[C@H](C(=O)OCC)[C@]3(C)CCC12O3. The Labute approximate surface area is 178 Å². The van der Waals surface area contributed by atoms with Gasteiger partial charge in [-0.1, -0.05) is 26.7 Å². The number of nitrogens with one attached hydrogen (secondary N) is 1. The molecule has 8 nitrogen and oxygen atoms in total. The van der Waals surface area contributed by atoms with Gasteiger partial charge in [-0.05, 0) is 39.5 Å². The first-order valence-electron chi connectivity index (χ1n) is 11.4. The molecule has 1 spiro atoms. The smallest absolute Gasteiger partial charge is 0.312 e. The van der Waals surface area contributed by atoms with Crippen molar-refractivity contribution in [1.82, 2.24) is 10.2 Å². The van der Waals surface area contributed by atoms with Gasteiger partial charge in [0.05, 0.1) is 30.8 Å². The highest BCUT2D eigenvalue weighted by atomic mass is 16.6. The molecule has 3 aliphatic rings. The third kappa shape index (κ3) is 3.42. The van der Waals surface area contributed by atoms with Gasteiger partial charge in [0.1, 0.15) is 17.6 Å². The molecule has 0 saturated carbocycles. The quantitative estimate of drug-likeness (QED) is 0.406. The zero-order valence-corrected chi connectivity index (χ0v) is 18.6. The van der Waals surface area contributed by atoms with Crippen molar-refractivity contribution in [1.29, 1.82) is 0 Å². The summed E-state index contributed by atoms with van der Waals surface area (Å²) in [6, 6.07) is -1.35. The fraction of sp³-hybridized carbons (Fsp3) is 0.864. The topological polar surface area (TPSA) is 105 Å². The van der Waals surface area contributed by atoms with Crippen molar-refractivity contribution < 1.29 is 29.0 Å². The molecule has 0 radical (unpaired) electrons. The summed E-state index contributed by atoms with van der Waals surface area (Å²) >= 11 is 0. The number of carbonyl (C=O) groups excluding carboxylic acids is 3. The van der Waals surface area contributed by atoms with Crippen LogP contribution in [0.2, 0.25) is 0 Å². The van der Waals surface area contributed by atoms with E-state index in [9.17, 15) is 19.5 Å². The number of fused-ring (bicyclic) bond motifs is 1. The molecule has 3 fully saturated rings. The zero-order valence-electron chi connectivity index (χ0n) is 18.6. The lowest BCUT2D eigenvalue weighted by Gasteiger charge is -2.36. The molecule has 0 aromatic carbocycles. The molecule has 170 valence electrons. The summed E-state index contributed by atoms with van der Waals surface area (Å²) in [5.74, 6) is -2.49. The number of aliphatic hydroxyl groups is 1. The Morgan fingerprint density at radius 1 is 1.30 bits per heavy atom. The van der Waals surface area contributed by atoms with Crippen molar-refractivity contribution in [2.75, 3.05) is 19.8 Å². The summed E-state index contributed by atoms with van der Waals surface area (Å²) < 4.78 is 11.7. The summed E-state index contributed by atoms with van der Waals surface area (Å²) in [7, 11) is 0. The Balaban J connectivity index is 1.98. The molecular weight excluding hydrogens is 388 g/mol. The normalized spacial score (nSPS) is 35.4. The predicted molar refractivity (Wildman–Crippen MR) is 109 cm³/mol. The van der Waals surface area contributed by atoms with Crippen LogP contribution in [0.4, 0.5) is 0 Å². The van der Waals surface area contributed by atoms with E-state index in [1.165, 1.54) is 4.90 Å². The van der Waals surface area contributed by atoms with Gasteiger partial charge in [-0.3, -0.25) is 14.4 Å². The molecule has 3 heterocycles. The molecule has 30 heavy (non-hydrogen) atoms. The number of nitrogens with zero attached hydrogens (tertiary/aromatic N) is 1. The first-order chi connectivity index (χ1) is 14.3. The van der Waals surface area contributed by atoms with Crippen molar-refractivity contribution in [3.63, 3.8) is 0 Å². The van der Waals surface area contributed by atoms with Gasteiger partial charge in [0, 0.05) is 6.54 Å². The maximum absolute atomic E-state index is 13.6. The number of likely N-dealkylation sites (tertiary alicyclic amines) is 1. The fourth-order valence-electron chi connectivity index (χ4n) is 5.74. The lowest BCUT2D eigenvalue weighted by Crippen LogP contribution is -2.58.